The van der Waals surface area contributed by atoms with Crippen molar-refractivity contribution < 1.29 is 0 Å². The highest BCUT2D eigenvalue weighted by molar-refractivity contribution is 5.79. The van der Waals surface area contributed by atoms with Crippen LogP contribution >= 0.6 is 0 Å². The van der Waals surface area contributed by atoms with Crippen LogP contribution in [0.15, 0.2) is 0 Å². The lowest BCUT2D eigenvalue weighted by Gasteiger charge is -2.29. The fraction of sp³-hybridized carbons (Fsp3) is 0.900. The maximum atomic E-state index is 7.71. The number of amidine groups is 1. The molecule has 0 aromatic heterocycles. The lowest BCUT2D eigenvalue weighted by Crippen LogP contribution is -2.35. The third-order valence-electron chi connectivity index (χ3n) is 2.50. The molecule has 0 aliphatic carbocycles. The second-order valence-electron chi connectivity index (χ2n) is 3.60. The van der Waals surface area contributed by atoms with Crippen LogP contribution in [0.3, 0.4) is 0 Å². The number of piperidine rings is 1. The summed E-state index contributed by atoms with van der Waals surface area (Å²) in [6.07, 6.45) is 7.37. The minimum Gasteiger partial charge on any atom is -0.361 e. The average molecular weight is 168 g/mol. The van der Waals surface area contributed by atoms with E-state index in [1.807, 2.05) is 0 Å². The maximum Gasteiger partial charge on any atom is 0.0957 e. The van der Waals surface area contributed by atoms with Crippen LogP contribution in [0.2, 0.25) is 0 Å². The molecule has 1 aliphatic heterocycles. The van der Waals surface area contributed by atoms with E-state index < -0.39 is 0 Å². The Balaban J connectivity index is 2.16. The molecule has 0 saturated carbocycles. The van der Waals surface area contributed by atoms with E-state index in [-0.39, 0.29) is 0 Å². The van der Waals surface area contributed by atoms with Crippen LogP contribution in [-0.2, 0) is 0 Å². The van der Waals surface area contributed by atoms with Crippen molar-refractivity contribution >= 4 is 5.84 Å². The Morgan fingerprint density at radius 1 is 1.33 bits per heavy atom. The van der Waals surface area contributed by atoms with Crippen LogP contribution in [0.4, 0.5) is 0 Å². The third kappa shape index (κ3) is 2.84. The molecule has 12 heavy (non-hydrogen) atoms. The molecule has 1 fully saturated rings. The van der Waals surface area contributed by atoms with Gasteiger partial charge in [-0.2, -0.15) is 0 Å². The number of hydrogen-bond donors (Lipinski definition) is 1. The molecular formula is C10H20N2. The molecule has 1 rings (SSSR count). The average Bonchev–Trinajstić information content (AvgIpc) is 2.09. The van der Waals surface area contributed by atoms with Crippen LogP contribution in [0.1, 0.15) is 45.4 Å². The van der Waals surface area contributed by atoms with E-state index in [0.717, 1.165) is 25.3 Å². The molecule has 1 aliphatic rings. The Morgan fingerprint density at radius 3 is 2.83 bits per heavy atom. The molecule has 1 N–H and O–H groups in total. The van der Waals surface area contributed by atoms with E-state index in [2.05, 4.69) is 11.8 Å². The lowest BCUT2D eigenvalue weighted by atomic mass is 10.1. The van der Waals surface area contributed by atoms with Crippen molar-refractivity contribution in [1.29, 1.82) is 5.41 Å². The van der Waals surface area contributed by atoms with Crippen molar-refractivity contribution in [3.63, 3.8) is 0 Å². The minimum atomic E-state index is 0.873. The van der Waals surface area contributed by atoms with Gasteiger partial charge in [-0.15, -0.1) is 0 Å². The summed E-state index contributed by atoms with van der Waals surface area (Å²) in [4.78, 5) is 2.25. The molecule has 0 unspecified atom stereocenters. The molecule has 0 aromatic rings. The first-order valence-electron chi connectivity index (χ1n) is 5.17. The van der Waals surface area contributed by atoms with Gasteiger partial charge in [-0.05, 0) is 19.3 Å². The first kappa shape index (κ1) is 9.56. The molecule has 1 saturated heterocycles. The number of nitrogens with zero attached hydrogens (tertiary/aromatic N) is 1. The second-order valence-corrected chi connectivity index (χ2v) is 3.60. The summed E-state index contributed by atoms with van der Waals surface area (Å²) in [5, 5.41) is 7.71. The van der Waals surface area contributed by atoms with Crippen molar-refractivity contribution in [2.75, 3.05) is 13.1 Å². The Bertz CT molecular complexity index is 143. The number of rotatable bonds is 4. The van der Waals surface area contributed by atoms with Gasteiger partial charge in [0.1, 0.15) is 0 Å². The molecule has 0 aromatic carbocycles. The molecule has 0 amide bonds. The first-order chi connectivity index (χ1) is 5.84. The van der Waals surface area contributed by atoms with E-state index in [4.69, 9.17) is 5.41 Å². The van der Waals surface area contributed by atoms with Crippen molar-refractivity contribution in [2.24, 2.45) is 0 Å². The van der Waals surface area contributed by atoms with Gasteiger partial charge >= 0.3 is 0 Å². The zero-order chi connectivity index (χ0) is 8.81. The Labute approximate surface area is 75.5 Å². The van der Waals surface area contributed by atoms with Gasteiger partial charge in [0.2, 0.25) is 0 Å². The monoisotopic (exact) mass is 168 g/mol. The van der Waals surface area contributed by atoms with Gasteiger partial charge < -0.3 is 4.90 Å². The highest BCUT2D eigenvalue weighted by atomic mass is 15.2. The van der Waals surface area contributed by atoms with E-state index >= 15 is 0 Å². The number of likely N-dealkylation sites (tertiary alicyclic amines) is 1. The van der Waals surface area contributed by atoms with Gasteiger partial charge in [0.15, 0.2) is 0 Å². The van der Waals surface area contributed by atoms with Gasteiger partial charge in [0, 0.05) is 19.5 Å². The van der Waals surface area contributed by atoms with Crippen LogP contribution in [-0.4, -0.2) is 23.8 Å². The van der Waals surface area contributed by atoms with Crippen LogP contribution in [0.25, 0.3) is 0 Å². The molecule has 70 valence electrons. The summed E-state index contributed by atoms with van der Waals surface area (Å²) < 4.78 is 0. The summed E-state index contributed by atoms with van der Waals surface area (Å²) in [5.74, 6) is 0.873. The van der Waals surface area contributed by atoms with Crippen molar-refractivity contribution in [1.82, 2.24) is 4.90 Å². The Morgan fingerprint density at radius 2 is 2.17 bits per heavy atom. The molecule has 2 heteroatoms. The highest BCUT2D eigenvalue weighted by Gasteiger charge is 2.13. The summed E-state index contributed by atoms with van der Waals surface area (Å²) in [6.45, 7) is 4.47. The molecular weight excluding hydrogens is 148 g/mol. The van der Waals surface area contributed by atoms with Crippen molar-refractivity contribution in [2.45, 2.75) is 45.4 Å². The summed E-state index contributed by atoms with van der Waals surface area (Å²) in [6, 6.07) is 0. The van der Waals surface area contributed by atoms with Gasteiger partial charge in [-0.3, -0.25) is 5.41 Å². The Hall–Kier alpha value is -0.530. The summed E-state index contributed by atoms with van der Waals surface area (Å²) >= 11 is 0. The first-order valence-corrected chi connectivity index (χ1v) is 5.17. The largest absolute Gasteiger partial charge is 0.361 e. The zero-order valence-corrected chi connectivity index (χ0v) is 8.10. The molecule has 0 bridgehead atoms. The number of unbranched alkanes of at least 4 members (excludes halogenated alkanes) is 2. The second kappa shape index (κ2) is 5.18. The van der Waals surface area contributed by atoms with E-state index in [0.29, 0.717) is 0 Å². The predicted octanol–water partition coefficient (Wildman–Crippen LogP) is 2.64. The number of nitrogens with one attached hydrogen (secondary N) is 1. The standard InChI is InChI=1S/C10H20N2/c1-2-3-5-8-12-9-6-4-7-10(12)11/h11H,2-9H2,1H3. The maximum absolute atomic E-state index is 7.71. The quantitative estimate of drug-likeness (QED) is 0.642. The smallest absolute Gasteiger partial charge is 0.0957 e. The molecule has 2 nitrogen and oxygen atoms in total. The molecule has 0 radical (unpaired) electrons. The lowest BCUT2D eigenvalue weighted by molar-refractivity contribution is 0.357. The van der Waals surface area contributed by atoms with Crippen LogP contribution in [0.5, 0.6) is 0 Å². The fourth-order valence-corrected chi connectivity index (χ4v) is 1.69. The third-order valence-corrected chi connectivity index (χ3v) is 2.50. The molecule has 0 spiro atoms. The van der Waals surface area contributed by atoms with Gasteiger partial charge in [-0.25, -0.2) is 0 Å². The molecule has 1 heterocycles. The fourth-order valence-electron chi connectivity index (χ4n) is 1.69. The van der Waals surface area contributed by atoms with E-state index in [1.165, 1.54) is 32.1 Å². The van der Waals surface area contributed by atoms with Gasteiger partial charge in [0.25, 0.3) is 0 Å². The summed E-state index contributed by atoms with van der Waals surface area (Å²) in [7, 11) is 0. The zero-order valence-electron chi connectivity index (χ0n) is 8.10. The number of hydrogen-bond acceptors (Lipinski definition) is 1. The predicted molar refractivity (Wildman–Crippen MR) is 52.7 cm³/mol. The Kier molecular flexibility index (Phi) is 4.12. The summed E-state index contributed by atoms with van der Waals surface area (Å²) in [5.41, 5.74) is 0. The van der Waals surface area contributed by atoms with E-state index in [9.17, 15) is 0 Å². The van der Waals surface area contributed by atoms with E-state index in [1.54, 1.807) is 0 Å². The van der Waals surface area contributed by atoms with Crippen LogP contribution in [0, 0.1) is 5.41 Å². The van der Waals surface area contributed by atoms with Gasteiger partial charge in [0.05, 0.1) is 5.84 Å². The van der Waals surface area contributed by atoms with Crippen molar-refractivity contribution in [3.05, 3.63) is 0 Å². The molecule has 0 atom stereocenters. The topological polar surface area (TPSA) is 27.1 Å². The van der Waals surface area contributed by atoms with Crippen LogP contribution < -0.4 is 0 Å². The van der Waals surface area contributed by atoms with Gasteiger partial charge in [-0.1, -0.05) is 19.8 Å². The highest BCUT2D eigenvalue weighted by Crippen LogP contribution is 2.11. The SMILES string of the molecule is CCCCCN1CCCCC1=N. The normalized spacial score (nSPS) is 18.4. The van der Waals surface area contributed by atoms with Crippen molar-refractivity contribution in [3.8, 4) is 0 Å². The minimum absolute atomic E-state index is 0.873.